The van der Waals surface area contributed by atoms with E-state index in [0.717, 1.165) is 34.6 Å². The molecule has 5 nitrogen and oxygen atoms in total. The first-order valence-electron chi connectivity index (χ1n) is 12.2. The number of methoxy groups -OCH3 is 1. The number of hydrogen-bond donors (Lipinski definition) is 2. The lowest BCUT2D eigenvalue weighted by atomic mass is 9.78. The van der Waals surface area contributed by atoms with Gasteiger partial charge in [-0.05, 0) is 56.9 Å². The van der Waals surface area contributed by atoms with Gasteiger partial charge in [-0.15, -0.1) is 0 Å². The summed E-state index contributed by atoms with van der Waals surface area (Å²) in [5.74, 6) is 1.61. The van der Waals surface area contributed by atoms with Crippen LogP contribution < -0.4 is 20.1 Å². The van der Waals surface area contributed by atoms with Gasteiger partial charge in [-0.1, -0.05) is 54.1 Å². The number of aryl methyl sites for hydroxylation is 1. The summed E-state index contributed by atoms with van der Waals surface area (Å²) in [5, 5.41) is 7.27. The molecule has 1 heterocycles. The Hall–Kier alpha value is -3.73. The molecule has 0 amide bonds. The van der Waals surface area contributed by atoms with Crippen molar-refractivity contribution in [3.8, 4) is 11.5 Å². The molecule has 1 aliphatic heterocycles. The summed E-state index contributed by atoms with van der Waals surface area (Å²) in [7, 11) is 1.65. The second kappa shape index (κ2) is 9.49. The van der Waals surface area contributed by atoms with Crippen LogP contribution in [0.1, 0.15) is 55.3 Å². The van der Waals surface area contributed by atoms with E-state index in [9.17, 15) is 4.79 Å². The van der Waals surface area contributed by atoms with Crippen LogP contribution in [0.2, 0.25) is 0 Å². The van der Waals surface area contributed by atoms with Crippen LogP contribution in [0.5, 0.6) is 11.5 Å². The summed E-state index contributed by atoms with van der Waals surface area (Å²) < 4.78 is 11.9. The Morgan fingerprint density at radius 3 is 2.37 bits per heavy atom. The molecule has 0 aromatic heterocycles. The average molecular weight is 469 g/mol. The average Bonchev–Trinajstić information content (AvgIpc) is 3.01. The molecular formula is C30H32N2O3. The molecule has 0 bridgehead atoms. The van der Waals surface area contributed by atoms with Gasteiger partial charge in [0.1, 0.15) is 0 Å². The van der Waals surface area contributed by atoms with E-state index in [2.05, 4.69) is 41.8 Å². The third-order valence-corrected chi connectivity index (χ3v) is 6.75. The molecule has 2 aliphatic rings. The lowest BCUT2D eigenvalue weighted by molar-refractivity contribution is -0.116. The maximum absolute atomic E-state index is 13.8. The van der Waals surface area contributed by atoms with Crippen LogP contribution >= 0.6 is 0 Å². The van der Waals surface area contributed by atoms with Crippen molar-refractivity contribution in [2.24, 2.45) is 0 Å². The van der Waals surface area contributed by atoms with E-state index in [0.29, 0.717) is 17.9 Å². The fourth-order valence-corrected chi connectivity index (χ4v) is 5.08. The standard InChI is InChI=1S/C30H32N2O3/c1-18(2)35-30-22(8-7-11-27(30)34-4)29-28-25(31-23-9-5-6-10-24(23)32-29)16-21(17-26(28)33)20-14-12-19(3)13-15-20/h5-15,18,21,29,31-32H,16-17H2,1-4H3. The topological polar surface area (TPSA) is 59.6 Å². The van der Waals surface area contributed by atoms with Crippen molar-refractivity contribution < 1.29 is 14.3 Å². The maximum atomic E-state index is 13.8. The predicted molar refractivity (Wildman–Crippen MR) is 140 cm³/mol. The van der Waals surface area contributed by atoms with Gasteiger partial charge >= 0.3 is 0 Å². The van der Waals surface area contributed by atoms with Crippen LogP contribution in [0.3, 0.4) is 0 Å². The zero-order valence-electron chi connectivity index (χ0n) is 20.7. The third-order valence-electron chi connectivity index (χ3n) is 6.75. The summed E-state index contributed by atoms with van der Waals surface area (Å²) >= 11 is 0. The number of carbonyl (C=O) groups is 1. The second-order valence-corrected chi connectivity index (χ2v) is 9.62. The van der Waals surface area contributed by atoms with Crippen LogP contribution in [0.15, 0.2) is 78.0 Å². The summed E-state index contributed by atoms with van der Waals surface area (Å²) in [6.07, 6.45) is 1.20. The summed E-state index contributed by atoms with van der Waals surface area (Å²) in [6, 6.07) is 22.2. The van der Waals surface area contributed by atoms with Crippen LogP contribution in [-0.2, 0) is 4.79 Å². The van der Waals surface area contributed by atoms with Crippen molar-refractivity contribution in [1.29, 1.82) is 0 Å². The molecule has 0 radical (unpaired) electrons. The minimum Gasteiger partial charge on any atom is -0.493 e. The number of carbonyl (C=O) groups excluding carboxylic acids is 1. The number of nitrogens with one attached hydrogen (secondary N) is 2. The Kier molecular flexibility index (Phi) is 6.25. The smallest absolute Gasteiger partial charge is 0.167 e. The largest absolute Gasteiger partial charge is 0.493 e. The highest BCUT2D eigenvalue weighted by Crippen LogP contribution is 2.47. The fraction of sp³-hybridized carbons (Fsp3) is 0.300. The highest BCUT2D eigenvalue weighted by molar-refractivity contribution is 6.01. The lowest BCUT2D eigenvalue weighted by Crippen LogP contribution is -2.27. The van der Waals surface area contributed by atoms with Crippen molar-refractivity contribution >= 4 is 17.2 Å². The van der Waals surface area contributed by atoms with Gasteiger partial charge in [0.25, 0.3) is 0 Å². The van der Waals surface area contributed by atoms with Gasteiger partial charge in [-0.3, -0.25) is 4.79 Å². The van der Waals surface area contributed by atoms with E-state index in [1.807, 2.05) is 56.3 Å². The van der Waals surface area contributed by atoms with E-state index in [-0.39, 0.29) is 23.8 Å². The Morgan fingerprint density at radius 2 is 1.66 bits per heavy atom. The van der Waals surface area contributed by atoms with Gasteiger partial charge in [0.2, 0.25) is 0 Å². The van der Waals surface area contributed by atoms with Crippen LogP contribution in [0.25, 0.3) is 0 Å². The molecule has 1 aliphatic carbocycles. The number of hydrogen-bond acceptors (Lipinski definition) is 5. The number of fused-ring (bicyclic) bond motifs is 1. The van der Waals surface area contributed by atoms with Gasteiger partial charge in [-0.2, -0.15) is 0 Å². The first kappa shape index (κ1) is 23.0. The molecule has 0 saturated heterocycles. The summed E-state index contributed by atoms with van der Waals surface area (Å²) in [4.78, 5) is 13.8. The van der Waals surface area contributed by atoms with Gasteiger partial charge in [0, 0.05) is 23.3 Å². The SMILES string of the molecule is COc1cccc(C2Nc3ccccc3NC3=C2C(=O)CC(c2ccc(C)cc2)C3)c1OC(C)C. The van der Waals surface area contributed by atoms with Crippen LogP contribution in [0, 0.1) is 6.92 Å². The molecule has 2 atom stereocenters. The van der Waals surface area contributed by atoms with E-state index in [4.69, 9.17) is 9.47 Å². The molecule has 0 saturated carbocycles. The number of Topliss-reactive ketones (excluding diaryl/α,β-unsaturated/α-hetero) is 1. The van der Waals surface area contributed by atoms with Gasteiger partial charge < -0.3 is 20.1 Å². The van der Waals surface area contributed by atoms with Crippen molar-refractivity contribution in [3.63, 3.8) is 0 Å². The Morgan fingerprint density at radius 1 is 0.914 bits per heavy atom. The van der Waals surface area contributed by atoms with Crippen LogP contribution in [-0.4, -0.2) is 19.0 Å². The number of benzene rings is 3. The molecule has 3 aromatic rings. The molecule has 5 heteroatoms. The third kappa shape index (κ3) is 4.51. The summed E-state index contributed by atoms with van der Waals surface area (Å²) in [6.45, 7) is 6.08. The zero-order chi connectivity index (χ0) is 24.5. The lowest BCUT2D eigenvalue weighted by Gasteiger charge is -2.31. The minimum absolute atomic E-state index is 0.0392. The van der Waals surface area contributed by atoms with E-state index < -0.39 is 0 Å². The molecule has 3 aromatic carbocycles. The molecule has 2 unspecified atom stereocenters. The van der Waals surface area contributed by atoms with E-state index >= 15 is 0 Å². The highest BCUT2D eigenvalue weighted by atomic mass is 16.5. The molecule has 35 heavy (non-hydrogen) atoms. The van der Waals surface area contributed by atoms with Gasteiger partial charge in [0.05, 0.1) is 30.6 Å². The number of ketones is 1. The quantitative estimate of drug-likeness (QED) is 0.433. The number of anilines is 2. The maximum Gasteiger partial charge on any atom is 0.167 e. The van der Waals surface area contributed by atoms with Gasteiger partial charge in [-0.25, -0.2) is 0 Å². The normalized spacial score (nSPS) is 19.3. The van der Waals surface area contributed by atoms with Gasteiger partial charge in [0.15, 0.2) is 17.3 Å². The molecule has 2 N–H and O–H groups in total. The minimum atomic E-state index is -0.364. The molecule has 0 spiro atoms. The molecular weight excluding hydrogens is 436 g/mol. The van der Waals surface area contributed by atoms with E-state index in [1.165, 1.54) is 11.1 Å². The molecule has 0 fully saturated rings. The number of rotatable bonds is 5. The monoisotopic (exact) mass is 468 g/mol. The molecule has 180 valence electrons. The van der Waals surface area contributed by atoms with Crippen molar-refractivity contribution in [1.82, 2.24) is 0 Å². The predicted octanol–water partition coefficient (Wildman–Crippen LogP) is 6.77. The Labute approximate surface area is 207 Å². The first-order chi connectivity index (χ1) is 16.9. The zero-order valence-corrected chi connectivity index (χ0v) is 20.7. The number of para-hydroxylation sites is 3. The van der Waals surface area contributed by atoms with Crippen molar-refractivity contribution in [2.75, 3.05) is 17.7 Å². The fourth-order valence-electron chi connectivity index (χ4n) is 5.08. The molecule has 5 rings (SSSR count). The first-order valence-corrected chi connectivity index (χ1v) is 12.2. The van der Waals surface area contributed by atoms with Crippen LogP contribution in [0.4, 0.5) is 11.4 Å². The van der Waals surface area contributed by atoms with Crippen molar-refractivity contribution in [2.45, 2.75) is 51.7 Å². The van der Waals surface area contributed by atoms with Crippen molar-refractivity contribution in [3.05, 3.63) is 94.7 Å². The second-order valence-electron chi connectivity index (χ2n) is 9.62. The van der Waals surface area contributed by atoms with E-state index in [1.54, 1.807) is 7.11 Å². The highest BCUT2D eigenvalue weighted by Gasteiger charge is 2.37. The Balaban J connectivity index is 1.65. The Bertz CT molecular complexity index is 1280. The number of allylic oxidation sites excluding steroid dienone is 1. The summed E-state index contributed by atoms with van der Waals surface area (Å²) in [5.41, 5.74) is 6.96. The number of ether oxygens (including phenoxy) is 2.